The van der Waals surface area contributed by atoms with Gasteiger partial charge in [-0.15, -0.1) is 0 Å². The Labute approximate surface area is 335 Å². The second kappa shape index (κ2) is 14.1. The molecule has 0 fully saturated rings. The molecule has 0 bridgehead atoms. The number of nitrogens with zero attached hydrogens (tertiary/aromatic N) is 1. The van der Waals surface area contributed by atoms with Crippen molar-refractivity contribution in [3.63, 3.8) is 0 Å². The molecule has 2 heterocycles. The van der Waals surface area contributed by atoms with E-state index in [9.17, 15) is 0 Å². The Morgan fingerprint density at radius 2 is 1.05 bits per heavy atom. The summed E-state index contributed by atoms with van der Waals surface area (Å²) in [5, 5.41) is 4.42. The van der Waals surface area contributed by atoms with Crippen molar-refractivity contribution in [1.29, 1.82) is 0 Å². The van der Waals surface area contributed by atoms with Gasteiger partial charge in [0.25, 0.3) is 0 Å². The lowest BCUT2D eigenvalue weighted by Crippen LogP contribution is -1.91. The minimum absolute atomic E-state index is 0.584. The van der Waals surface area contributed by atoms with Gasteiger partial charge in [-0.3, -0.25) is 0 Å². The Hall–Kier alpha value is -7.75. The van der Waals surface area contributed by atoms with Gasteiger partial charge in [0.1, 0.15) is 16.7 Å². The molecule has 0 unspecified atom stereocenters. The van der Waals surface area contributed by atoms with Gasteiger partial charge in [-0.1, -0.05) is 170 Å². The Balaban J connectivity index is 1.04. The topological polar surface area (TPSA) is 39.2 Å². The first-order valence-electron chi connectivity index (χ1n) is 19.6. The molecule has 11 rings (SSSR count). The van der Waals surface area contributed by atoms with Crippen molar-refractivity contribution in [3.05, 3.63) is 223 Å². The van der Waals surface area contributed by atoms with Crippen LogP contribution in [0.4, 0.5) is 0 Å². The number of hydrogen-bond acceptors (Lipinski definition) is 3. The first kappa shape index (κ1) is 33.6. The van der Waals surface area contributed by atoms with Gasteiger partial charge in [-0.2, -0.15) is 0 Å². The highest BCUT2D eigenvalue weighted by molar-refractivity contribution is 6.19. The molecule has 0 saturated carbocycles. The Kier molecular flexibility index (Phi) is 8.15. The first-order valence-corrected chi connectivity index (χ1v) is 19.6. The summed E-state index contributed by atoms with van der Waals surface area (Å²) < 4.78 is 13.0. The molecular formula is C55H35NO2. The van der Waals surface area contributed by atoms with Gasteiger partial charge in [0.15, 0.2) is 5.58 Å². The predicted molar refractivity (Wildman–Crippen MR) is 240 cm³/mol. The van der Waals surface area contributed by atoms with Crippen LogP contribution in [-0.2, 0) is 0 Å². The van der Waals surface area contributed by atoms with Gasteiger partial charge in [-0.05, 0) is 103 Å². The summed E-state index contributed by atoms with van der Waals surface area (Å²) in [4.78, 5) is 5.12. The van der Waals surface area contributed by atoms with Gasteiger partial charge >= 0.3 is 0 Å². The first-order chi connectivity index (χ1) is 28.7. The van der Waals surface area contributed by atoms with Crippen LogP contribution in [0.15, 0.2) is 215 Å². The monoisotopic (exact) mass is 741 g/mol. The van der Waals surface area contributed by atoms with E-state index in [2.05, 4.69) is 164 Å². The molecule has 272 valence electrons. The number of oxazole rings is 1. The molecule has 0 aliphatic carbocycles. The smallest absolute Gasteiger partial charge is 0.227 e. The second-order valence-corrected chi connectivity index (χ2v) is 14.7. The molecule has 3 heteroatoms. The summed E-state index contributed by atoms with van der Waals surface area (Å²) in [7, 11) is 0. The van der Waals surface area contributed by atoms with Crippen molar-refractivity contribution >= 4 is 55.5 Å². The number of hydrogen-bond donors (Lipinski definition) is 0. The van der Waals surface area contributed by atoms with Crippen molar-refractivity contribution in [2.45, 2.75) is 0 Å². The molecule has 0 saturated heterocycles. The molecule has 0 radical (unpaired) electrons. The molecule has 9 aromatic carbocycles. The normalized spacial score (nSPS) is 11.9. The third-order valence-corrected chi connectivity index (χ3v) is 11.1. The van der Waals surface area contributed by atoms with Crippen LogP contribution in [0.25, 0.3) is 100 Å². The molecule has 0 aliphatic rings. The zero-order chi connectivity index (χ0) is 38.4. The fourth-order valence-electron chi connectivity index (χ4n) is 8.16. The molecule has 11 aromatic rings. The minimum Gasteiger partial charge on any atom is -0.456 e. The summed E-state index contributed by atoms with van der Waals surface area (Å²) >= 11 is 0. The lowest BCUT2D eigenvalue weighted by atomic mass is 9.91. The molecule has 3 nitrogen and oxygen atoms in total. The van der Waals surface area contributed by atoms with Gasteiger partial charge in [-0.25, -0.2) is 4.98 Å². The zero-order valence-corrected chi connectivity index (χ0v) is 31.5. The van der Waals surface area contributed by atoms with Gasteiger partial charge in [0.2, 0.25) is 5.89 Å². The average Bonchev–Trinajstić information content (AvgIpc) is 3.91. The number of fused-ring (bicyclic) bond motifs is 6. The summed E-state index contributed by atoms with van der Waals surface area (Å²) in [6.07, 6.45) is 2.30. The van der Waals surface area contributed by atoms with Crippen molar-refractivity contribution in [1.82, 2.24) is 4.98 Å². The third-order valence-electron chi connectivity index (χ3n) is 11.1. The van der Waals surface area contributed by atoms with Crippen LogP contribution in [-0.4, -0.2) is 4.98 Å². The van der Waals surface area contributed by atoms with E-state index in [0.717, 1.165) is 72.0 Å². The molecule has 58 heavy (non-hydrogen) atoms. The predicted octanol–water partition coefficient (Wildman–Crippen LogP) is 15.1. The van der Waals surface area contributed by atoms with E-state index in [-0.39, 0.29) is 0 Å². The van der Waals surface area contributed by atoms with E-state index in [1.807, 2.05) is 48.5 Å². The van der Waals surface area contributed by atoms with Crippen LogP contribution in [0.5, 0.6) is 0 Å². The van der Waals surface area contributed by atoms with Crippen molar-refractivity contribution in [2.24, 2.45) is 0 Å². The van der Waals surface area contributed by atoms with Crippen LogP contribution >= 0.6 is 0 Å². The molecule has 0 amide bonds. The maximum absolute atomic E-state index is 6.61. The SMILES string of the molecule is C(=C(\c1ccc(-c2cc3oc4ccccc4c3c3oc(-c4ccccc4)nc23)cc1)c1cccc(-c2ccc3ccccc3c2)c1)/c1ccc(-c2ccccc2)cc1. The van der Waals surface area contributed by atoms with Crippen LogP contribution in [0.2, 0.25) is 0 Å². The van der Waals surface area contributed by atoms with E-state index < -0.39 is 0 Å². The maximum atomic E-state index is 6.61. The van der Waals surface area contributed by atoms with Crippen LogP contribution in [0.3, 0.4) is 0 Å². The summed E-state index contributed by atoms with van der Waals surface area (Å²) in [6, 6.07) is 72.6. The quantitative estimate of drug-likeness (QED) is 0.153. The van der Waals surface area contributed by atoms with Crippen LogP contribution in [0.1, 0.15) is 16.7 Å². The largest absolute Gasteiger partial charge is 0.456 e. The molecule has 0 spiro atoms. The number of furan rings is 1. The van der Waals surface area contributed by atoms with Gasteiger partial charge < -0.3 is 8.83 Å². The second-order valence-electron chi connectivity index (χ2n) is 14.7. The van der Waals surface area contributed by atoms with Crippen LogP contribution in [0, 0.1) is 0 Å². The minimum atomic E-state index is 0.584. The van der Waals surface area contributed by atoms with E-state index in [4.69, 9.17) is 13.8 Å². The van der Waals surface area contributed by atoms with Crippen molar-refractivity contribution in [3.8, 4) is 44.8 Å². The van der Waals surface area contributed by atoms with E-state index in [1.54, 1.807) is 0 Å². The lowest BCUT2D eigenvalue weighted by molar-refractivity contribution is 0.622. The Bertz CT molecular complexity index is 3300. The van der Waals surface area contributed by atoms with Crippen LogP contribution < -0.4 is 0 Å². The van der Waals surface area contributed by atoms with E-state index in [1.165, 1.54) is 33.0 Å². The van der Waals surface area contributed by atoms with Gasteiger partial charge in [0, 0.05) is 16.5 Å². The highest BCUT2D eigenvalue weighted by Crippen LogP contribution is 2.42. The van der Waals surface area contributed by atoms with Crippen molar-refractivity contribution in [2.75, 3.05) is 0 Å². The number of aromatic nitrogens is 1. The summed E-state index contributed by atoms with van der Waals surface area (Å²) in [5.41, 5.74) is 15.3. The highest BCUT2D eigenvalue weighted by Gasteiger charge is 2.21. The number of benzene rings is 9. The molecular weight excluding hydrogens is 707 g/mol. The highest BCUT2D eigenvalue weighted by atomic mass is 16.4. The molecule has 0 aliphatic heterocycles. The number of para-hydroxylation sites is 1. The maximum Gasteiger partial charge on any atom is 0.227 e. The van der Waals surface area contributed by atoms with Crippen molar-refractivity contribution < 1.29 is 8.83 Å². The third kappa shape index (κ3) is 6.07. The van der Waals surface area contributed by atoms with E-state index in [0.29, 0.717) is 5.89 Å². The average molecular weight is 742 g/mol. The fourth-order valence-corrected chi connectivity index (χ4v) is 8.16. The molecule has 2 aromatic heterocycles. The fraction of sp³-hybridized carbons (Fsp3) is 0. The zero-order valence-electron chi connectivity index (χ0n) is 31.5. The Morgan fingerprint density at radius 3 is 1.86 bits per heavy atom. The van der Waals surface area contributed by atoms with E-state index >= 15 is 0 Å². The Morgan fingerprint density at radius 1 is 0.414 bits per heavy atom. The van der Waals surface area contributed by atoms with Gasteiger partial charge in [0.05, 0.1) is 5.39 Å². The summed E-state index contributed by atoms with van der Waals surface area (Å²) in [6.45, 7) is 0. The molecule has 0 N–H and O–H groups in total. The number of rotatable bonds is 7. The standard InChI is InChI=1S/C55H35NO2/c1-3-12-37(13-4-1)39-24-22-36(23-25-39)32-48(46-19-11-18-44(34-46)45-31-26-38-14-7-8-17-43(38)33-45)40-27-29-41(30-28-40)49-35-51-52(47-20-9-10-21-50(47)57-51)54-53(49)56-55(58-54)42-15-5-2-6-16-42/h1-35H/b48-32-. The lowest BCUT2D eigenvalue weighted by Gasteiger charge is -2.13. The summed E-state index contributed by atoms with van der Waals surface area (Å²) in [5.74, 6) is 0.584. The molecule has 0 atom stereocenters.